The van der Waals surface area contributed by atoms with Gasteiger partial charge in [0.05, 0.1) is 6.04 Å². The van der Waals surface area contributed by atoms with Gasteiger partial charge in [-0.05, 0) is 61.8 Å². The molecule has 0 fully saturated rings. The second-order valence-corrected chi connectivity index (χ2v) is 8.47. The number of benzene rings is 2. The van der Waals surface area contributed by atoms with Crippen molar-refractivity contribution < 1.29 is 19.1 Å². The number of anilines is 1. The second-order valence-electron chi connectivity index (χ2n) is 8.47. The van der Waals surface area contributed by atoms with Gasteiger partial charge in [0, 0.05) is 32.4 Å². The summed E-state index contributed by atoms with van der Waals surface area (Å²) in [5.41, 5.74) is 4.56. The molecule has 170 valence electrons. The van der Waals surface area contributed by atoms with Gasteiger partial charge in [0.15, 0.2) is 11.5 Å². The van der Waals surface area contributed by atoms with E-state index in [1.165, 1.54) is 11.3 Å². The van der Waals surface area contributed by atoms with Gasteiger partial charge in [0.1, 0.15) is 0 Å². The van der Waals surface area contributed by atoms with Crippen LogP contribution in [0, 0.1) is 0 Å². The molecule has 0 saturated carbocycles. The maximum absolute atomic E-state index is 12.4. The lowest BCUT2D eigenvalue weighted by Gasteiger charge is -2.30. The van der Waals surface area contributed by atoms with Crippen LogP contribution in [0.1, 0.15) is 29.2 Å². The van der Waals surface area contributed by atoms with E-state index in [4.69, 9.17) is 9.47 Å². The molecule has 8 nitrogen and oxygen atoms in total. The minimum Gasteiger partial charge on any atom is -0.454 e. The van der Waals surface area contributed by atoms with Crippen molar-refractivity contribution in [3.8, 4) is 11.5 Å². The van der Waals surface area contributed by atoms with Gasteiger partial charge in [0.25, 0.3) is 0 Å². The van der Waals surface area contributed by atoms with E-state index in [9.17, 15) is 9.59 Å². The maximum Gasteiger partial charge on any atom is 0.309 e. The molecule has 1 atom stereocenters. The summed E-state index contributed by atoms with van der Waals surface area (Å²) in [6.07, 6.45) is 2.20. The SMILES string of the molecule is CN1CCCc2cc(C(CNC(=O)C(=O)NCc3ccc4c(c3)OCO4)N(C)C)ccc21. The molecule has 8 heteroatoms. The number of nitrogens with one attached hydrogen (secondary N) is 2. The van der Waals surface area contributed by atoms with Crippen molar-refractivity contribution in [1.29, 1.82) is 0 Å². The molecule has 2 aromatic carbocycles. The Morgan fingerprint density at radius 3 is 2.66 bits per heavy atom. The normalized spacial score (nSPS) is 15.3. The quantitative estimate of drug-likeness (QED) is 0.670. The van der Waals surface area contributed by atoms with Crippen LogP contribution in [0.5, 0.6) is 11.5 Å². The number of fused-ring (bicyclic) bond motifs is 2. The first-order valence-electron chi connectivity index (χ1n) is 10.9. The van der Waals surface area contributed by atoms with Gasteiger partial charge in [-0.25, -0.2) is 0 Å². The van der Waals surface area contributed by atoms with Gasteiger partial charge in [0.2, 0.25) is 6.79 Å². The van der Waals surface area contributed by atoms with Crippen LogP contribution >= 0.6 is 0 Å². The zero-order valence-electron chi connectivity index (χ0n) is 18.8. The zero-order valence-corrected chi connectivity index (χ0v) is 18.8. The number of carbonyl (C=O) groups excluding carboxylic acids is 2. The molecular formula is C24H30N4O4. The molecule has 0 spiro atoms. The number of hydrogen-bond donors (Lipinski definition) is 2. The summed E-state index contributed by atoms with van der Waals surface area (Å²) in [6.45, 7) is 1.85. The number of nitrogens with zero attached hydrogens (tertiary/aromatic N) is 2. The Morgan fingerprint density at radius 2 is 1.84 bits per heavy atom. The van der Waals surface area contributed by atoms with Crippen molar-refractivity contribution in [2.45, 2.75) is 25.4 Å². The van der Waals surface area contributed by atoms with Gasteiger partial charge in [-0.2, -0.15) is 0 Å². The Kier molecular flexibility index (Phi) is 6.50. The van der Waals surface area contributed by atoms with Crippen molar-refractivity contribution in [3.05, 3.63) is 53.1 Å². The summed E-state index contributed by atoms with van der Waals surface area (Å²) in [6, 6.07) is 11.9. The topological polar surface area (TPSA) is 83.1 Å². The van der Waals surface area contributed by atoms with Crippen LogP contribution in [-0.4, -0.2) is 57.7 Å². The standard InChI is InChI=1S/C24H30N4O4/c1-27(2)20(18-7-8-19-17(12-18)5-4-10-28(19)3)14-26-24(30)23(29)25-13-16-6-9-21-22(11-16)32-15-31-21/h6-9,11-12,20H,4-5,10,13-15H2,1-3H3,(H,25,29)(H,26,30). The van der Waals surface area contributed by atoms with E-state index < -0.39 is 11.8 Å². The second kappa shape index (κ2) is 9.48. The van der Waals surface area contributed by atoms with E-state index in [0.29, 0.717) is 18.0 Å². The monoisotopic (exact) mass is 438 g/mol. The Morgan fingerprint density at radius 1 is 1.06 bits per heavy atom. The Balaban J connectivity index is 1.33. The lowest BCUT2D eigenvalue weighted by Crippen LogP contribution is -2.43. The summed E-state index contributed by atoms with van der Waals surface area (Å²) in [5.74, 6) is 0.0233. The minimum absolute atomic E-state index is 0.0295. The largest absolute Gasteiger partial charge is 0.454 e. The summed E-state index contributed by atoms with van der Waals surface area (Å²) < 4.78 is 10.6. The molecule has 0 aliphatic carbocycles. The van der Waals surface area contributed by atoms with Crippen LogP contribution in [0.15, 0.2) is 36.4 Å². The number of amides is 2. The van der Waals surface area contributed by atoms with Crippen molar-refractivity contribution in [2.75, 3.05) is 45.9 Å². The number of aryl methyl sites for hydroxylation is 1. The highest BCUT2D eigenvalue weighted by atomic mass is 16.7. The molecule has 2 aliphatic heterocycles. The third-order valence-corrected chi connectivity index (χ3v) is 6.01. The van der Waals surface area contributed by atoms with Crippen molar-refractivity contribution in [1.82, 2.24) is 15.5 Å². The van der Waals surface area contributed by atoms with Crippen molar-refractivity contribution in [3.63, 3.8) is 0 Å². The van der Waals surface area contributed by atoms with Gasteiger partial charge in [-0.15, -0.1) is 0 Å². The molecule has 2 heterocycles. The molecular weight excluding hydrogens is 408 g/mol. The number of hydrogen-bond acceptors (Lipinski definition) is 6. The summed E-state index contributed by atoms with van der Waals surface area (Å²) in [5, 5.41) is 5.44. The average molecular weight is 439 g/mol. The first-order valence-corrected chi connectivity index (χ1v) is 10.9. The fourth-order valence-electron chi connectivity index (χ4n) is 4.19. The van der Waals surface area contributed by atoms with E-state index in [-0.39, 0.29) is 19.4 Å². The van der Waals surface area contributed by atoms with Crippen LogP contribution in [0.4, 0.5) is 5.69 Å². The first-order chi connectivity index (χ1) is 15.4. The van der Waals surface area contributed by atoms with E-state index in [0.717, 1.165) is 30.5 Å². The molecule has 2 aromatic rings. The minimum atomic E-state index is -0.660. The van der Waals surface area contributed by atoms with E-state index >= 15 is 0 Å². The van der Waals surface area contributed by atoms with Crippen LogP contribution in [-0.2, 0) is 22.6 Å². The molecule has 0 radical (unpaired) electrons. The van der Waals surface area contributed by atoms with Gasteiger partial charge in [-0.1, -0.05) is 18.2 Å². The third-order valence-electron chi connectivity index (χ3n) is 6.01. The summed E-state index contributed by atoms with van der Waals surface area (Å²) in [4.78, 5) is 29.0. The molecule has 2 aliphatic rings. The van der Waals surface area contributed by atoms with E-state index in [1.54, 1.807) is 12.1 Å². The number of carbonyl (C=O) groups is 2. The third kappa shape index (κ3) is 4.80. The highest BCUT2D eigenvalue weighted by molar-refractivity contribution is 6.35. The summed E-state index contributed by atoms with van der Waals surface area (Å²) >= 11 is 0. The predicted molar refractivity (Wildman–Crippen MR) is 122 cm³/mol. The molecule has 4 rings (SSSR count). The number of rotatable bonds is 6. The molecule has 1 unspecified atom stereocenters. The molecule has 32 heavy (non-hydrogen) atoms. The van der Waals surface area contributed by atoms with Gasteiger partial charge < -0.3 is 29.9 Å². The maximum atomic E-state index is 12.4. The molecule has 2 amide bonds. The lowest BCUT2D eigenvalue weighted by molar-refractivity contribution is -0.139. The molecule has 0 saturated heterocycles. The lowest BCUT2D eigenvalue weighted by atomic mass is 9.96. The van der Waals surface area contributed by atoms with Crippen LogP contribution in [0.2, 0.25) is 0 Å². The molecule has 0 aromatic heterocycles. The smallest absolute Gasteiger partial charge is 0.309 e. The fourth-order valence-corrected chi connectivity index (χ4v) is 4.19. The van der Waals surface area contributed by atoms with Gasteiger partial charge in [-0.3, -0.25) is 9.59 Å². The zero-order chi connectivity index (χ0) is 22.7. The Bertz CT molecular complexity index is 1010. The van der Waals surface area contributed by atoms with Crippen LogP contribution in [0.25, 0.3) is 0 Å². The Labute approximate surface area is 188 Å². The summed E-state index contributed by atoms with van der Waals surface area (Å²) in [7, 11) is 6.06. The van der Waals surface area contributed by atoms with Crippen LogP contribution < -0.4 is 25.0 Å². The predicted octanol–water partition coefficient (Wildman–Crippen LogP) is 1.83. The number of likely N-dealkylation sites (N-methyl/N-ethyl adjacent to an activating group) is 1. The van der Waals surface area contributed by atoms with Crippen molar-refractivity contribution >= 4 is 17.5 Å². The highest BCUT2D eigenvalue weighted by Gasteiger charge is 2.21. The fraction of sp³-hybridized carbons (Fsp3) is 0.417. The number of ether oxygens (including phenoxy) is 2. The van der Waals surface area contributed by atoms with E-state index in [2.05, 4.69) is 45.7 Å². The average Bonchev–Trinajstić information content (AvgIpc) is 3.25. The molecule has 2 N–H and O–H groups in total. The van der Waals surface area contributed by atoms with Crippen LogP contribution in [0.3, 0.4) is 0 Å². The Hall–Kier alpha value is -3.26. The highest BCUT2D eigenvalue weighted by Crippen LogP contribution is 2.32. The van der Waals surface area contributed by atoms with Gasteiger partial charge >= 0.3 is 11.8 Å². The first kappa shape index (κ1) is 22.0. The molecule has 0 bridgehead atoms. The van der Waals surface area contributed by atoms with Crippen molar-refractivity contribution in [2.24, 2.45) is 0 Å². The van der Waals surface area contributed by atoms with E-state index in [1.807, 2.05) is 20.2 Å².